The van der Waals surface area contributed by atoms with Gasteiger partial charge in [0.1, 0.15) is 6.61 Å². The molecule has 4 nitrogen and oxygen atoms in total. The molecule has 0 radical (unpaired) electrons. The van der Waals surface area contributed by atoms with Crippen molar-refractivity contribution in [3.05, 3.63) is 12.2 Å². The van der Waals surface area contributed by atoms with E-state index in [1.54, 1.807) is 0 Å². The van der Waals surface area contributed by atoms with Gasteiger partial charge in [0.2, 0.25) is 0 Å². The Hall–Kier alpha value is -1.32. The number of unbranched alkanes of at least 4 members (excludes halogenated alkanes) is 1. The molecule has 0 rings (SSSR count). The fourth-order valence-electron chi connectivity index (χ4n) is 0.824. The fraction of sp³-hybridized carbons (Fsp3) is 0.692. The minimum Gasteiger partial charge on any atom is -0.469 e. The van der Waals surface area contributed by atoms with Crippen LogP contribution in [0.4, 0.5) is 0 Å². The first-order valence-electron chi connectivity index (χ1n) is 5.93. The monoisotopic (exact) mass is 244 g/mol. The number of carbonyl (C=O) groups excluding carboxylic acids is 2. The van der Waals surface area contributed by atoms with Gasteiger partial charge in [-0.3, -0.25) is 9.59 Å². The molecule has 0 saturated heterocycles. The molecule has 0 aromatic carbocycles. The molecule has 0 aromatic heterocycles. The Morgan fingerprint density at radius 2 is 1.76 bits per heavy atom. The summed E-state index contributed by atoms with van der Waals surface area (Å²) in [6, 6.07) is 0. The zero-order valence-electron chi connectivity index (χ0n) is 11.3. The number of hydrogen-bond acceptors (Lipinski definition) is 4. The van der Waals surface area contributed by atoms with Crippen molar-refractivity contribution in [3.8, 4) is 0 Å². The van der Waals surface area contributed by atoms with E-state index in [2.05, 4.69) is 16.4 Å². The maximum Gasteiger partial charge on any atom is 0.305 e. The number of carbonyl (C=O) groups is 2. The minimum absolute atomic E-state index is 0.123. The third-order valence-electron chi connectivity index (χ3n) is 1.69. The lowest BCUT2D eigenvalue weighted by atomic mass is 10.3. The number of ether oxygens (including phenoxy) is 2. The average Bonchev–Trinajstić information content (AvgIpc) is 2.29. The van der Waals surface area contributed by atoms with E-state index in [4.69, 9.17) is 0 Å². The molecule has 17 heavy (non-hydrogen) atoms. The van der Waals surface area contributed by atoms with E-state index in [1.807, 2.05) is 19.1 Å². The van der Waals surface area contributed by atoms with Gasteiger partial charge in [0, 0.05) is 13.3 Å². The van der Waals surface area contributed by atoms with Crippen LogP contribution in [0.2, 0.25) is 0 Å². The molecule has 0 heterocycles. The van der Waals surface area contributed by atoms with Gasteiger partial charge in [-0.25, -0.2) is 0 Å². The van der Waals surface area contributed by atoms with Crippen molar-refractivity contribution in [2.75, 3.05) is 13.7 Å². The van der Waals surface area contributed by atoms with Gasteiger partial charge in [-0.05, 0) is 12.8 Å². The second-order valence-electron chi connectivity index (χ2n) is 3.39. The second-order valence-corrected chi connectivity index (χ2v) is 3.39. The number of allylic oxidation sites excluding steroid dienone is 1. The lowest BCUT2D eigenvalue weighted by Crippen LogP contribution is -1.97. The largest absolute Gasteiger partial charge is 0.469 e. The summed E-state index contributed by atoms with van der Waals surface area (Å²) < 4.78 is 9.01. The van der Waals surface area contributed by atoms with E-state index in [1.165, 1.54) is 14.0 Å². The van der Waals surface area contributed by atoms with Gasteiger partial charge in [-0.1, -0.05) is 32.4 Å². The summed E-state index contributed by atoms with van der Waals surface area (Å²) in [6.07, 6.45) is 7.48. The van der Waals surface area contributed by atoms with Gasteiger partial charge in [0.05, 0.1) is 7.11 Å². The number of methoxy groups -OCH3 is 1. The molecule has 0 fully saturated rings. The van der Waals surface area contributed by atoms with Crippen LogP contribution in [0.3, 0.4) is 0 Å². The molecule has 0 bridgehead atoms. The average molecular weight is 244 g/mol. The molecule has 0 atom stereocenters. The second kappa shape index (κ2) is 14.7. The predicted octanol–water partition coefficient (Wildman–Crippen LogP) is 2.87. The van der Waals surface area contributed by atoms with Crippen molar-refractivity contribution in [1.29, 1.82) is 0 Å². The Morgan fingerprint density at radius 1 is 1.12 bits per heavy atom. The van der Waals surface area contributed by atoms with Gasteiger partial charge >= 0.3 is 11.9 Å². The van der Waals surface area contributed by atoms with Crippen LogP contribution < -0.4 is 0 Å². The topological polar surface area (TPSA) is 52.6 Å². The highest BCUT2D eigenvalue weighted by atomic mass is 16.5. The summed E-state index contributed by atoms with van der Waals surface area (Å²) in [4.78, 5) is 20.4. The molecule has 0 spiro atoms. The third-order valence-corrected chi connectivity index (χ3v) is 1.69. The summed E-state index contributed by atoms with van der Waals surface area (Å²) in [5.41, 5.74) is 0. The first-order chi connectivity index (χ1) is 8.08. The van der Waals surface area contributed by atoms with Crippen LogP contribution >= 0.6 is 0 Å². The highest BCUT2D eigenvalue weighted by Crippen LogP contribution is 1.88. The first-order valence-corrected chi connectivity index (χ1v) is 5.93. The standard InChI is InChI=1S/C8H14O2.C5H10O2/c1-3-4-5-6-7-10-8(2)9;1-3-4-5(6)7-2/h5-6H,3-4,7H2,1-2H3;3-4H2,1-2H3. The van der Waals surface area contributed by atoms with Crippen molar-refractivity contribution in [2.45, 2.75) is 46.5 Å². The van der Waals surface area contributed by atoms with Crippen LogP contribution in [-0.4, -0.2) is 25.7 Å². The summed E-state index contributed by atoms with van der Waals surface area (Å²) in [5.74, 6) is -0.344. The number of esters is 2. The van der Waals surface area contributed by atoms with Gasteiger partial charge < -0.3 is 9.47 Å². The molecule has 0 saturated carbocycles. The predicted molar refractivity (Wildman–Crippen MR) is 67.6 cm³/mol. The van der Waals surface area contributed by atoms with Gasteiger partial charge in [-0.15, -0.1) is 0 Å². The molecule has 100 valence electrons. The SMILES string of the molecule is CCCC(=O)OC.CCCC=CCOC(C)=O. The van der Waals surface area contributed by atoms with E-state index in [0.29, 0.717) is 13.0 Å². The molecule has 0 unspecified atom stereocenters. The van der Waals surface area contributed by atoms with E-state index < -0.39 is 0 Å². The zero-order valence-corrected chi connectivity index (χ0v) is 11.3. The molecule has 0 aliphatic heterocycles. The summed E-state index contributed by atoms with van der Waals surface area (Å²) in [5, 5.41) is 0. The van der Waals surface area contributed by atoms with Gasteiger partial charge in [-0.2, -0.15) is 0 Å². The first kappa shape index (κ1) is 18.1. The van der Waals surface area contributed by atoms with Crippen molar-refractivity contribution in [3.63, 3.8) is 0 Å². The number of rotatable bonds is 6. The quantitative estimate of drug-likeness (QED) is 0.532. The van der Waals surface area contributed by atoms with Crippen LogP contribution in [-0.2, 0) is 19.1 Å². The Labute approximate surface area is 104 Å². The number of hydrogen-bond donors (Lipinski definition) is 0. The maximum atomic E-state index is 10.2. The third kappa shape index (κ3) is 20.7. The van der Waals surface area contributed by atoms with Crippen LogP contribution in [0.25, 0.3) is 0 Å². The zero-order chi connectivity index (χ0) is 13.5. The lowest BCUT2D eigenvalue weighted by Gasteiger charge is -1.93. The molecule has 4 heteroatoms. The Kier molecular flexibility index (Phi) is 15.6. The van der Waals surface area contributed by atoms with Crippen molar-refractivity contribution in [2.24, 2.45) is 0 Å². The van der Waals surface area contributed by atoms with Crippen molar-refractivity contribution >= 4 is 11.9 Å². The molecule has 0 aliphatic carbocycles. The van der Waals surface area contributed by atoms with Crippen LogP contribution in [0.15, 0.2) is 12.2 Å². The van der Waals surface area contributed by atoms with E-state index in [0.717, 1.165) is 19.3 Å². The van der Waals surface area contributed by atoms with E-state index in [9.17, 15) is 9.59 Å². The molecule has 0 amide bonds. The summed E-state index contributed by atoms with van der Waals surface area (Å²) in [7, 11) is 1.40. The van der Waals surface area contributed by atoms with Gasteiger partial charge in [0.25, 0.3) is 0 Å². The fourth-order valence-corrected chi connectivity index (χ4v) is 0.824. The Morgan fingerprint density at radius 3 is 2.12 bits per heavy atom. The normalized spacial score (nSPS) is 9.41. The van der Waals surface area contributed by atoms with Crippen molar-refractivity contribution < 1.29 is 19.1 Å². The molecular formula is C13H24O4. The summed E-state index contributed by atoms with van der Waals surface area (Å²) >= 11 is 0. The van der Waals surface area contributed by atoms with Crippen LogP contribution in [0.5, 0.6) is 0 Å². The van der Waals surface area contributed by atoms with Crippen LogP contribution in [0, 0.1) is 0 Å². The van der Waals surface area contributed by atoms with E-state index >= 15 is 0 Å². The highest BCUT2D eigenvalue weighted by Gasteiger charge is 1.92. The molecular weight excluding hydrogens is 220 g/mol. The molecule has 0 N–H and O–H groups in total. The Balaban J connectivity index is 0. The smallest absolute Gasteiger partial charge is 0.305 e. The minimum atomic E-state index is -0.221. The maximum absolute atomic E-state index is 10.2. The van der Waals surface area contributed by atoms with Crippen molar-refractivity contribution in [1.82, 2.24) is 0 Å². The highest BCUT2D eigenvalue weighted by molar-refractivity contribution is 5.68. The lowest BCUT2D eigenvalue weighted by molar-refractivity contribution is -0.141. The van der Waals surface area contributed by atoms with Crippen LogP contribution in [0.1, 0.15) is 46.5 Å². The molecule has 0 aromatic rings. The van der Waals surface area contributed by atoms with E-state index in [-0.39, 0.29) is 11.9 Å². The Bertz CT molecular complexity index is 221. The summed E-state index contributed by atoms with van der Waals surface area (Å²) in [6.45, 7) is 5.87. The van der Waals surface area contributed by atoms with Gasteiger partial charge in [0.15, 0.2) is 0 Å². The molecule has 0 aliphatic rings.